The molecule has 2 aliphatic heterocycles. The van der Waals surface area contributed by atoms with Crippen LogP contribution >= 0.6 is 23.4 Å². The summed E-state index contributed by atoms with van der Waals surface area (Å²) in [6, 6.07) is 8.67. The molecule has 0 unspecified atom stereocenters. The van der Waals surface area contributed by atoms with Gasteiger partial charge in [-0.25, -0.2) is 9.97 Å². The molecule has 33 heavy (non-hydrogen) atoms. The second-order valence-corrected chi connectivity index (χ2v) is 10.1. The van der Waals surface area contributed by atoms with E-state index in [0.29, 0.717) is 16.8 Å². The van der Waals surface area contributed by atoms with Gasteiger partial charge in [0, 0.05) is 47.2 Å². The van der Waals surface area contributed by atoms with Crippen molar-refractivity contribution in [1.29, 1.82) is 0 Å². The van der Waals surface area contributed by atoms with Crippen molar-refractivity contribution < 1.29 is 4.74 Å². The van der Waals surface area contributed by atoms with E-state index in [1.807, 2.05) is 0 Å². The number of anilines is 1. The Morgan fingerprint density at radius 1 is 1.27 bits per heavy atom. The summed E-state index contributed by atoms with van der Waals surface area (Å²) in [6.45, 7) is 5.10. The lowest BCUT2D eigenvalue weighted by molar-refractivity contribution is 0.109. The van der Waals surface area contributed by atoms with Gasteiger partial charge in [0.1, 0.15) is 11.5 Å². The maximum absolute atomic E-state index is 6.72. The van der Waals surface area contributed by atoms with Crippen LogP contribution in [0.2, 0.25) is 5.02 Å². The molecule has 3 N–H and O–H groups in total. The minimum absolute atomic E-state index is 0.150. The van der Waals surface area contributed by atoms with Crippen molar-refractivity contribution in [2.75, 3.05) is 24.6 Å². The molecule has 0 radical (unpaired) electrons. The number of hydrogen-bond acceptors (Lipinski definition) is 7. The van der Waals surface area contributed by atoms with E-state index in [-0.39, 0.29) is 6.04 Å². The molecular formula is C24H25ClN6OS. The van der Waals surface area contributed by atoms with Gasteiger partial charge in [-0.15, -0.1) is 0 Å². The van der Waals surface area contributed by atoms with Crippen LogP contribution in [0, 0.1) is 0 Å². The third-order valence-corrected chi connectivity index (χ3v) is 7.68. The number of aromatic nitrogens is 4. The zero-order valence-electron chi connectivity index (χ0n) is 18.4. The lowest BCUT2D eigenvalue weighted by Gasteiger charge is -2.19. The van der Waals surface area contributed by atoms with E-state index < -0.39 is 0 Å². The Morgan fingerprint density at radius 3 is 3.00 bits per heavy atom. The number of rotatable bonds is 4. The van der Waals surface area contributed by atoms with E-state index in [1.54, 1.807) is 11.8 Å². The van der Waals surface area contributed by atoms with E-state index >= 15 is 0 Å². The number of nitrogens with two attached hydrogens (primary N) is 1. The Labute approximate surface area is 201 Å². The van der Waals surface area contributed by atoms with Gasteiger partial charge in [0.25, 0.3) is 0 Å². The zero-order chi connectivity index (χ0) is 22.5. The molecule has 2 aliphatic rings. The summed E-state index contributed by atoms with van der Waals surface area (Å²) in [5.41, 5.74) is 11.3. The van der Waals surface area contributed by atoms with Crippen LogP contribution in [0.5, 0.6) is 0 Å². The number of H-pyrrole nitrogens is 1. The maximum atomic E-state index is 6.72. The molecule has 170 valence electrons. The van der Waals surface area contributed by atoms with Crippen LogP contribution in [0.4, 0.5) is 5.82 Å². The van der Waals surface area contributed by atoms with Crippen molar-refractivity contribution in [2.24, 2.45) is 5.73 Å². The van der Waals surface area contributed by atoms with E-state index in [4.69, 9.17) is 37.0 Å². The first-order valence-electron chi connectivity index (χ1n) is 11.4. The molecule has 4 aromatic rings. The fourth-order valence-corrected chi connectivity index (χ4v) is 5.80. The largest absolute Gasteiger partial charge is 0.376 e. The Kier molecular flexibility index (Phi) is 5.41. The van der Waals surface area contributed by atoms with Crippen LogP contribution in [0.15, 0.2) is 34.3 Å². The first-order chi connectivity index (χ1) is 16.1. The summed E-state index contributed by atoms with van der Waals surface area (Å²) < 4.78 is 5.58. The molecule has 1 atom stereocenters. The highest BCUT2D eigenvalue weighted by atomic mass is 35.5. The average molecular weight is 481 g/mol. The molecule has 3 aromatic heterocycles. The lowest BCUT2D eigenvalue weighted by Crippen LogP contribution is -2.27. The predicted molar refractivity (Wildman–Crippen MR) is 132 cm³/mol. The number of ether oxygens (including phenoxy) is 1. The number of aryl methyl sites for hydroxylation is 1. The van der Waals surface area contributed by atoms with Crippen LogP contribution in [0.1, 0.15) is 30.3 Å². The van der Waals surface area contributed by atoms with Gasteiger partial charge in [-0.3, -0.25) is 4.98 Å². The number of benzene rings is 1. The second kappa shape index (κ2) is 8.43. The molecule has 1 aromatic carbocycles. The number of nitrogens with zero attached hydrogens (tertiary/aromatic N) is 4. The van der Waals surface area contributed by atoms with Crippen LogP contribution < -0.4 is 10.6 Å². The Hall–Kier alpha value is -2.39. The quantitative estimate of drug-likeness (QED) is 0.416. The van der Waals surface area contributed by atoms with Crippen LogP contribution in [-0.4, -0.2) is 45.7 Å². The first kappa shape index (κ1) is 21.2. The minimum Gasteiger partial charge on any atom is -0.376 e. The maximum Gasteiger partial charge on any atom is 0.196 e. The van der Waals surface area contributed by atoms with Crippen molar-refractivity contribution >= 4 is 51.1 Å². The van der Waals surface area contributed by atoms with E-state index in [2.05, 4.69) is 41.1 Å². The van der Waals surface area contributed by atoms with Gasteiger partial charge < -0.3 is 20.4 Å². The molecule has 1 saturated heterocycles. The first-order valence-corrected chi connectivity index (χ1v) is 12.5. The fraction of sp³-hybridized carbons (Fsp3) is 0.375. The molecule has 9 heteroatoms. The molecular weight excluding hydrogens is 456 g/mol. The number of aromatic amines is 1. The molecule has 0 spiro atoms. The third-order valence-electron chi connectivity index (χ3n) is 6.41. The normalized spacial score (nSPS) is 18.4. The number of pyridine rings is 1. The van der Waals surface area contributed by atoms with E-state index in [9.17, 15) is 0 Å². The van der Waals surface area contributed by atoms with Gasteiger partial charge in [0.05, 0.1) is 29.1 Å². The number of halogens is 1. The van der Waals surface area contributed by atoms with Crippen molar-refractivity contribution in [2.45, 2.75) is 48.9 Å². The van der Waals surface area contributed by atoms with E-state index in [1.165, 1.54) is 5.56 Å². The molecule has 0 aliphatic carbocycles. The highest BCUT2D eigenvalue weighted by molar-refractivity contribution is 7.99. The number of fused-ring (bicyclic) bond motifs is 3. The van der Waals surface area contributed by atoms with Gasteiger partial charge in [0.15, 0.2) is 5.16 Å². The molecule has 5 heterocycles. The molecule has 7 nitrogen and oxygen atoms in total. The average Bonchev–Trinajstić information content (AvgIpc) is 3.40. The Morgan fingerprint density at radius 2 is 2.18 bits per heavy atom. The summed E-state index contributed by atoms with van der Waals surface area (Å²) >= 11 is 8.26. The summed E-state index contributed by atoms with van der Waals surface area (Å²) in [7, 11) is 0. The van der Waals surface area contributed by atoms with Crippen LogP contribution in [-0.2, 0) is 24.2 Å². The second-order valence-electron chi connectivity index (χ2n) is 8.67. The highest BCUT2D eigenvalue weighted by Crippen LogP contribution is 2.38. The van der Waals surface area contributed by atoms with Gasteiger partial charge in [-0.1, -0.05) is 24.6 Å². The Bertz CT molecular complexity index is 1370. The smallest absolute Gasteiger partial charge is 0.196 e. The van der Waals surface area contributed by atoms with Crippen molar-refractivity contribution in [3.8, 4) is 0 Å². The summed E-state index contributed by atoms with van der Waals surface area (Å²) in [5.74, 6) is 0.865. The van der Waals surface area contributed by atoms with Gasteiger partial charge in [-0.05, 0) is 48.4 Å². The highest BCUT2D eigenvalue weighted by Gasteiger charge is 2.26. The minimum atomic E-state index is 0.150. The monoisotopic (exact) mass is 480 g/mol. The number of nitrogens with one attached hydrogen (secondary N) is 1. The zero-order valence-corrected chi connectivity index (χ0v) is 20.0. The standard InChI is InChI=1S/C24H25ClN6OS/c1-2-17-21(25)20-22(28-17)29-24(30-23(20)31-7-5-15(26)11-31)33-16-4-3-13-9-14-12-32-8-6-18(14)27-19(13)10-16/h3-4,9-10,15H,2,5-8,11-12,26H2,1H3,(H,28,29,30)/t15-/m1/s1. The SMILES string of the molecule is CCc1[nH]c2nc(Sc3ccc4cc5c(nc4c3)CCOC5)nc(N3CC[C@@H](N)C3)c2c1Cl. The molecule has 1 fully saturated rings. The molecule has 0 saturated carbocycles. The van der Waals surface area contributed by atoms with Gasteiger partial charge in [-0.2, -0.15) is 0 Å². The van der Waals surface area contributed by atoms with Gasteiger partial charge >= 0.3 is 0 Å². The van der Waals surface area contributed by atoms with Crippen molar-refractivity contribution in [1.82, 2.24) is 19.9 Å². The fourth-order valence-electron chi connectivity index (χ4n) is 4.66. The molecule has 6 rings (SSSR count). The Balaban J connectivity index is 1.40. The van der Waals surface area contributed by atoms with Crippen molar-refractivity contribution in [3.05, 3.63) is 46.2 Å². The summed E-state index contributed by atoms with van der Waals surface area (Å²) in [6.07, 6.45) is 2.61. The summed E-state index contributed by atoms with van der Waals surface area (Å²) in [5, 5.41) is 3.41. The van der Waals surface area contributed by atoms with Gasteiger partial charge in [0.2, 0.25) is 0 Å². The lowest BCUT2D eigenvalue weighted by atomic mass is 10.1. The van der Waals surface area contributed by atoms with Crippen LogP contribution in [0.3, 0.4) is 0 Å². The van der Waals surface area contributed by atoms with Crippen molar-refractivity contribution in [3.63, 3.8) is 0 Å². The summed E-state index contributed by atoms with van der Waals surface area (Å²) in [4.78, 5) is 21.4. The van der Waals surface area contributed by atoms with Crippen LogP contribution in [0.25, 0.3) is 21.9 Å². The topological polar surface area (TPSA) is 92.9 Å². The molecule has 0 amide bonds. The third kappa shape index (κ3) is 3.85. The molecule has 0 bridgehead atoms. The number of hydrogen-bond donors (Lipinski definition) is 2. The predicted octanol–water partition coefficient (Wildman–Crippen LogP) is 4.48. The van der Waals surface area contributed by atoms with E-state index in [0.717, 1.165) is 83.0 Å².